The molecule has 0 radical (unpaired) electrons. The van der Waals surface area contributed by atoms with Crippen LogP contribution in [-0.2, 0) is 19.5 Å². The fourth-order valence-corrected chi connectivity index (χ4v) is 4.03. The van der Waals surface area contributed by atoms with E-state index < -0.39 is 0 Å². The Balaban J connectivity index is 1.74. The van der Waals surface area contributed by atoms with Gasteiger partial charge >= 0.3 is 5.69 Å². The first-order valence-electron chi connectivity index (χ1n) is 10.3. The predicted octanol–water partition coefficient (Wildman–Crippen LogP) is 4.67. The molecule has 0 aliphatic rings. The Kier molecular flexibility index (Phi) is 6.86. The first kappa shape index (κ1) is 22.4. The van der Waals surface area contributed by atoms with Crippen LogP contribution >= 0.6 is 28.7 Å². The average molecular weight is 514 g/mol. The number of anilines is 1. The molecule has 1 N–H and O–H groups in total. The maximum Gasteiger partial charge on any atom is 0.340 e. The van der Waals surface area contributed by atoms with E-state index in [1.165, 1.54) is 3.97 Å². The molecule has 0 aliphatic carbocycles. The van der Waals surface area contributed by atoms with E-state index in [-0.39, 0.29) is 5.69 Å². The summed E-state index contributed by atoms with van der Waals surface area (Å²) in [4.78, 5) is 22.5. The summed E-state index contributed by atoms with van der Waals surface area (Å²) in [6, 6.07) is 15.7. The number of aryl methyl sites for hydroxylation is 1. The van der Waals surface area contributed by atoms with Gasteiger partial charge in [-0.2, -0.15) is 0 Å². The highest BCUT2D eigenvalue weighted by Gasteiger charge is 2.19. The molecule has 0 aliphatic heterocycles. The van der Waals surface area contributed by atoms with Crippen molar-refractivity contribution >= 4 is 45.7 Å². The molecule has 4 aromatic rings. The molecular weight excluding hydrogens is 490 g/mol. The molecule has 0 atom stereocenters. The highest BCUT2D eigenvalue weighted by Crippen LogP contribution is 2.23. The van der Waals surface area contributed by atoms with Crippen molar-refractivity contribution < 1.29 is 4.74 Å². The van der Waals surface area contributed by atoms with Crippen molar-refractivity contribution in [3.63, 3.8) is 0 Å². The molecule has 2 aromatic carbocycles. The lowest BCUT2D eigenvalue weighted by atomic mass is 10.2. The Labute approximate surface area is 200 Å². The number of thiol groups is 1. The molecule has 0 amide bonds. The van der Waals surface area contributed by atoms with Gasteiger partial charge in [0.2, 0.25) is 0 Å². The van der Waals surface area contributed by atoms with Crippen molar-refractivity contribution in [3.8, 4) is 5.75 Å². The van der Waals surface area contributed by atoms with Gasteiger partial charge in [0.05, 0.1) is 13.7 Å². The molecule has 2 aromatic heterocycles. The zero-order valence-corrected chi connectivity index (χ0v) is 20.4. The zero-order valence-electron chi connectivity index (χ0n) is 17.9. The smallest absolute Gasteiger partial charge is 0.340 e. The van der Waals surface area contributed by atoms with Gasteiger partial charge in [-0.1, -0.05) is 59.9 Å². The molecule has 166 valence electrons. The molecule has 9 heteroatoms. The summed E-state index contributed by atoms with van der Waals surface area (Å²) in [5, 5.41) is 3.37. The fourth-order valence-electron chi connectivity index (χ4n) is 3.47. The lowest BCUT2D eigenvalue weighted by Gasteiger charge is -2.10. The minimum Gasteiger partial charge on any atom is -0.497 e. The second kappa shape index (κ2) is 9.79. The van der Waals surface area contributed by atoms with Crippen molar-refractivity contribution in [2.75, 3.05) is 12.4 Å². The summed E-state index contributed by atoms with van der Waals surface area (Å²) in [5.74, 6) is 2.09. The van der Waals surface area contributed by atoms with Crippen LogP contribution in [0.3, 0.4) is 0 Å². The van der Waals surface area contributed by atoms with Crippen molar-refractivity contribution in [2.45, 2.75) is 32.9 Å². The summed E-state index contributed by atoms with van der Waals surface area (Å²) in [6.45, 7) is 3.02. The number of imidazole rings is 1. The van der Waals surface area contributed by atoms with Gasteiger partial charge in [-0.3, -0.25) is 4.57 Å². The third-order valence-electron chi connectivity index (χ3n) is 5.14. The minimum absolute atomic E-state index is 0.248. The van der Waals surface area contributed by atoms with Crippen LogP contribution in [0.4, 0.5) is 5.82 Å². The highest BCUT2D eigenvalue weighted by atomic mass is 79.9. The number of fused-ring (bicyclic) bond motifs is 1. The van der Waals surface area contributed by atoms with Crippen molar-refractivity contribution in [1.82, 2.24) is 18.5 Å². The maximum atomic E-state index is 13.1. The monoisotopic (exact) mass is 513 g/mol. The van der Waals surface area contributed by atoms with Crippen LogP contribution in [0.2, 0.25) is 0 Å². The van der Waals surface area contributed by atoms with Gasteiger partial charge in [-0.15, -0.1) is 0 Å². The largest absolute Gasteiger partial charge is 0.497 e. The molecule has 4 rings (SSSR count). The first-order valence-corrected chi connectivity index (χ1v) is 11.5. The van der Waals surface area contributed by atoms with Crippen LogP contribution in [0.25, 0.3) is 11.2 Å². The summed E-state index contributed by atoms with van der Waals surface area (Å²) in [7, 11) is 1.64. The highest BCUT2D eigenvalue weighted by molar-refractivity contribution is 9.10. The third-order valence-corrected chi connectivity index (χ3v) is 6.04. The van der Waals surface area contributed by atoms with Gasteiger partial charge < -0.3 is 10.1 Å². The first-order chi connectivity index (χ1) is 15.5. The summed E-state index contributed by atoms with van der Waals surface area (Å²) in [5.41, 5.74) is 2.96. The number of ether oxygens (including phenoxy) is 1. The quantitative estimate of drug-likeness (QED) is 0.335. The van der Waals surface area contributed by atoms with Crippen LogP contribution < -0.4 is 15.7 Å². The number of nitrogens with one attached hydrogen (secondary N) is 1. The predicted molar refractivity (Wildman–Crippen MR) is 134 cm³/mol. The number of aromatic nitrogens is 4. The summed E-state index contributed by atoms with van der Waals surface area (Å²) < 4.78 is 9.18. The Morgan fingerprint density at radius 3 is 2.41 bits per heavy atom. The number of hydrogen-bond acceptors (Lipinski definition) is 6. The molecule has 32 heavy (non-hydrogen) atoms. The Morgan fingerprint density at radius 1 is 1.06 bits per heavy atom. The molecule has 0 saturated carbocycles. The standard InChI is InChI=1S/C23H24BrN5O2S/c1-3-4-19-26-21(25-13-15-7-11-18(31-2)12-8-15)20-22(27-19)28(23(30)29(20)32)14-16-5-9-17(24)10-6-16/h5-12,32H,3-4,13-14H2,1-2H3,(H,25,26,27). The average Bonchev–Trinajstić information content (AvgIpc) is 3.04. The number of hydrogen-bond donors (Lipinski definition) is 2. The van der Waals surface area contributed by atoms with Crippen molar-refractivity contribution in [3.05, 3.63) is 80.4 Å². The molecule has 7 nitrogen and oxygen atoms in total. The number of nitrogens with zero attached hydrogens (tertiary/aromatic N) is 4. The van der Waals surface area contributed by atoms with Crippen LogP contribution in [0.1, 0.15) is 30.3 Å². The van der Waals surface area contributed by atoms with E-state index in [2.05, 4.69) is 41.0 Å². The fraction of sp³-hybridized carbons (Fsp3) is 0.261. The van der Waals surface area contributed by atoms with E-state index in [9.17, 15) is 4.79 Å². The van der Waals surface area contributed by atoms with Crippen molar-refractivity contribution in [2.24, 2.45) is 0 Å². The number of methoxy groups -OCH3 is 1. The second-order valence-corrected chi connectivity index (χ2v) is 8.73. The molecular formula is C23H24BrN5O2S. The topological polar surface area (TPSA) is 74.0 Å². The summed E-state index contributed by atoms with van der Waals surface area (Å²) >= 11 is 7.92. The van der Waals surface area contributed by atoms with Crippen LogP contribution in [-0.4, -0.2) is 25.6 Å². The molecule has 0 unspecified atom stereocenters. The van der Waals surface area contributed by atoms with Gasteiger partial charge in [-0.05, 0) is 41.8 Å². The van der Waals surface area contributed by atoms with E-state index in [4.69, 9.17) is 14.7 Å². The van der Waals surface area contributed by atoms with Gasteiger partial charge in [0.1, 0.15) is 17.1 Å². The second-order valence-electron chi connectivity index (χ2n) is 7.42. The SMILES string of the molecule is CCCc1nc(NCc2ccc(OC)cc2)c2c(n1)n(Cc1ccc(Br)cc1)c(=O)n2S. The molecule has 0 fully saturated rings. The van der Waals surface area contributed by atoms with Crippen molar-refractivity contribution in [1.29, 1.82) is 0 Å². The third kappa shape index (κ3) is 4.68. The normalized spacial score (nSPS) is 11.1. The van der Waals surface area contributed by atoms with Crippen LogP contribution in [0, 0.1) is 0 Å². The van der Waals surface area contributed by atoms with E-state index >= 15 is 0 Å². The maximum absolute atomic E-state index is 13.1. The molecule has 0 saturated heterocycles. The van der Waals surface area contributed by atoms with Gasteiger partial charge in [-0.25, -0.2) is 18.7 Å². The zero-order chi connectivity index (χ0) is 22.7. The number of rotatable bonds is 8. The molecule has 2 heterocycles. The minimum atomic E-state index is -0.248. The van der Waals surface area contributed by atoms with Crippen LogP contribution in [0.15, 0.2) is 57.8 Å². The summed E-state index contributed by atoms with van der Waals surface area (Å²) in [6.07, 6.45) is 1.62. The Morgan fingerprint density at radius 2 is 1.75 bits per heavy atom. The number of benzene rings is 2. The van der Waals surface area contributed by atoms with E-state index in [0.29, 0.717) is 35.9 Å². The lowest BCUT2D eigenvalue weighted by molar-refractivity contribution is 0.414. The Hall–Kier alpha value is -2.78. The Bertz CT molecular complexity index is 1280. The number of halogens is 1. The lowest BCUT2D eigenvalue weighted by Crippen LogP contribution is -2.21. The molecule has 0 bridgehead atoms. The van der Waals surface area contributed by atoms with Gasteiger partial charge in [0.25, 0.3) is 0 Å². The van der Waals surface area contributed by atoms with E-state index in [1.54, 1.807) is 11.7 Å². The van der Waals surface area contributed by atoms with Crippen LogP contribution in [0.5, 0.6) is 5.75 Å². The van der Waals surface area contributed by atoms with Gasteiger partial charge in [0, 0.05) is 17.4 Å². The molecule has 0 spiro atoms. The van der Waals surface area contributed by atoms with E-state index in [0.717, 1.165) is 34.2 Å². The van der Waals surface area contributed by atoms with Gasteiger partial charge in [0.15, 0.2) is 11.5 Å². The van der Waals surface area contributed by atoms with E-state index in [1.807, 2.05) is 48.5 Å².